The molecule has 0 aliphatic rings. The van der Waals surface area contributed by atoms with Gasteiger partial charge in [0, 0.05) is 11.1 Å². The maximum absolute atomic E-state index is 11.5. The monoisotopic (exact) mass is 666 g/mol. The third kappa shape index (κ3) is 24.5. The van der Waals surface area contributed by atoms with Gasteiger partial charge in [0.25, 0.3) is 0 Å². The molecule has 11 nitrogen and oxygen atoms in total. The van der Waals surface area contributed by atoms with Gasteiger partial charge >= 0.3 is 20.5 Å². The van der Waals surface area contributed by atoms with Crippen LogP contribution < -0.4 is 0 Å². The van der Waals surface area contributed by atoms with Crippen LogP contribution in [0.15, 0.2) is 37.0 Å². The third-order valence-corrected chi connectivity index (χ3v) is 14.8. The SMILES string of the molecule is C=C(C)C(=O)OCCC[Si](C)(C)OC(C)O[Si](C)(C)O[Si](C)(C)CCCOC(=O)C(=C)C.C=CCOCC(O)C(O)CO. The van der Waals surface area contributed by atoms with Gasteiger partial charge in [0.15, 0.2) is 16.6 Å². The van der Waals surface area contributed by atoms with Gasteiger partial charge in [0.1, 0.15) is 18.5 Å². The molecule has 0 aliphatic carbocycles. The van der Waals surface area contributed by atoms with Gasteiger partial charge < -0.3 is 42.5 Å². The molecule has 0 aliphatic heterocycles. The van der Waals surface area contributed by atoms with E-state index in [1.165, 1.54) is 6.08 Å². The van der Waals surface area contributed by atoms with Crippen LogP contribution in [0.2, 0.25) is 51.4 Å². The quantitative estimate of drug-likeness (QED) is 0.0376. The molecule has 43 heavy (non-hydrogen) atoms. The van der Waals surface area contributed by atoms with Crippen LogP contribution >= 0.6 is 0 Å². The Morgan fingerprint density at radius 1 is 0.814 bits per heavy atom. The van der Waals surface area contributed by atoms with Gasteiger partial charge in [-0.25, -0.2) is 9.59 Å². The summed E-state index contributed by atoms with van der Waals surface area (Å²) in [4.78, 5) is 22.9. The van der Waals surface area contributed by atoms with Crippen LogP contribution in [0.5, 0.6) is 0 Å². The molecule has 14 heteroatoms. The van der Waals surface area contributed by atoms with Crippen LogP contribution in [0.4, 0.5) is 0 Å². The number of aliphatic hydroxyl groups is 3. The van der Waals surface area contributed by atoms with Crippen molar-refractivity contribution < 1.29 is 52.1 Å². The van der Waals surface area contributed by atoms with E-state index in [0.717, 1.165) is 24.9 Å². The van der Waals surface area contributed by atoms with E-state index in [9.17, 15) is 9.59 Å². The highest BCUT2D eigenvalue weighted by Crippen LogP contribution is 2.24. The minimum atomic E-state index is -2.41. The lowest BCUT2D eigenvalue weighted by Gasteiger charge is -2.37. The molecule has 0 saturated heterocycles. The van der Waals surface area contributed by atoms with Crippen molar-refractivity contribution in [3.63, 3.8) is 0 Å². The van der Waals surface area contributed by atoms with E-state index in [4.69, 9.17) is 42.5 Å². The highest BCUT2D eigenvalue weighted by molar-refractivity contribution is 6.82. The Morgan fingerprint density at radius 2 is 1.28 bits per heavy atom. The zero-order valence-corrected chi connectivity index (χ0v) is 30.9. The average Bonchev–Trinajstić information content (AvgIpc) is 2.87. The zero-order chi connectivity index (χ0) is 33.9. The predicted molar refractivity (Wildman–Crippen MR) is 176 cm³/mol. The molecule has 3 atom stereocenters. The number of rotatable bonds is 22. The Bertz CT molecular complexity index is 863. The first kappa shape index (κ1) is 43.7. The molecule has 0 radical (unpaired) electrons. The van der Waals surface area contributed by atoms with Crippen molar-refractivity contribution in [3.05, 3.63) is 37.0 Å². The summed E-state index contributed by atoms with van der Waals surface area (Å²) in [6.45, 7) is 29.0. The molecule has 0 amide bonds. The van der Waals surface area contributed by atoms with Crippen molar-refractivity contribution in [2.24, 2.45) is 0 Å². The van der Waals surface area contributed by atoms with E-state index in [-0.39, 0.29) is 24.8 Å². The molecule has 0 aromatic heterocycles. The van der Waals surface area contributed by atoms with Crippen LogP contribution in [0.3, 0.4) is 0 Å². The molecule has 252 valence electrons. The fraction of sp³-hybridized carbons (Fsp3) is 0.724. The minimum Gasteiger partial charge on any atom is -0.462 e. The minimum absolute atomic E-state index is 0.00769. The predicted octanol–water partition coefficient (Wildman–Crippen LogP) is 4.42. The smallest absolute Gasteiger partial charge is 0.333 e. The lowest BCUT2D eigenvalue weighted by atomic mass is 10.2. The molecule has 0 fully saturated rings. The Labute approximate surface area is 262 Å². The number of carbonyl (C=O) groups excluding carboxylic acids is 2. The average molecular weight is 667 g/mol. The third-order valence-electron chi connectivity index (χ3n) is 5.62. The fourth-order valence-electron chi connectivity index (χ4n) is 3.75. The highest BCUT2D eigenvalue weighted by atomic mass is 28.4. The summed E-state index contributed by atoms with van der Waals surface area (Å²) < 4.78 is 34.1. The van der Waals surface area contributed by atoms with E-state index in [2.05, 4.69) is 45.9 Å². The molecule has 3 unspecified atom stereocenters. The van der Waals surface area contributed by atoms with Crippen molar-refractivity contribution in [1.29, 1.82) is 0 Å². The number of ether oxygens (including phenoxy) is 3. The number of hydrogen-bond acceptors (Lipinski definition) is 11. The zero-order valence-electron chi connectivity index (χ0n) is 27.9. The summed E-state index contributed by atoms with van der Waals surface area (Å²) in [5.41, 5.74) is 0.819. The molecule has 0 heterocycles. The number of carbonyl (C=O) groups is 2. The standard InChI is InChI=1S/C22H44O7Si3.C7H14O4/c1-18(2)21(23)25-14-12-16-30(6,7)27-20(5)28-32(10,11)29-31(8,9)17-13-15-26-22(24)19(3)4;1-2-3-11-5-7(10)6(9)4-8/h20H,1,3,12-17H2,2,4-11H3;2,6-10H,1,3-5H2. The van der Waals surface area contributed by atoms with E-state index in [0.29, 0.717) is 31.0 Å². The summed E-state index contributed by atoms with van der Waals surface area (Å²) in [6.07, 6.45) is 0.526. The van der Waals surface area contributed by atoms with E-state index in [1.54, 1.807) is 13.8 Å². The summed E-state index contributed by atoms with van der Waals surface area (Å²) in [5, 5.41) is 26.2. The van der Waals surface area contributed by atoms with Gasteiger partial charge in [-0.2, -0.15) is 0 Å². The van der Waals surface area contributed by atoms with E-state index >= 15 is 0 Å². The van der Waals surface area contributed by atoms with E-state index in [1.807, 2.05) is 20.0 Å². The van der Waals surface area contributed by atoms with Crippen molar-refractivity contribution in [2.75, 3.05) is 33.0 Å². The van der Waals surface area contributed by atoms with Crippen molar-refractivity contribution in [3.8, 4) is 0 Å². The van der Waals surface area contributed by atoms with Crippen LogP contribution in [0.1, 0.15) is 33.6 Å². The molecule has 0 aromatic rings. The van der Waals surface area contributed by atoms with E-state index < -0.39 is 44.0 Å². The van der Waals surface area contributed by atoms with Crippen molar-refractivity contribution >= 4 is 37.1 Å². The largest absolute Gasteiger partial charge is 0.462 e. The van der Waals surface area contributed by atoms with Crippen LogP contribution in [0.25, 0.3) is 0 Å². The normalized spacial score (nSPS) is 14.0. The van der Waals surface area contributed by atoms with Crippen molar-refractivity contribution in [1.82, 2.24) is 0 Å². The Morgan fingerprint density at radius 3 is 1.70 bits per heavy atom. The van der Waals surface area contributed by atoms with Crippen LogP contribution in [-0.4, -0.2) is 104 Å². The Kier molecular flexibility index (Phi) is 22.4. The van der Waals surface area contributed by atoms with Crippen LogP contribution in [0, 0.1) is 0 Å². The van der Waals surface area contributed by atoms with Gasteiger partial charge in [0.05, 0.1) is 33.0 Å². The Balaban J connectivity index is 0. The molecule has 0 bridgehead atoms. The molecule has 0 rings (SSSR count). The van der Waals surface area contributed by atoms with Gasteiger partial charge in [-0.15, -0.1) is 6.58 Å². The highest BCUT2D eigenvalue weighted by Gasteiger charge is 2.37. The van der Waals surface area contributed by atoms with Gasteiger partial charge in [-0.1, -0.05) is 19.2 Å². The molecule has 0 aromatic carbocycles. The Hall–Kier alpha value is -1.47. The number of esters is 2. The maximum atomic E-state index is 11.5. The lowest BCUT2D eigenvalue weighted by Crippen LogP contribution is -2.49. The lowest BCUT2D eigenvalue weighted by molar-refractivity contribution is -0.139. The fourth-order valence-corrected chi connectivity index (χ4v) is 13.7. The first-order valence-electron chi connectivity index (χ1n) is 14.5. The topological polar surface area (TPSA) is 150 Å². The summed E-state index contributed by atoms with van der Waals surface area (Å²) in [7, 11) is -6.38. The van der Waals surface area contributed by atoms with Crippen molar-refractivity contribution in [2.45, 2.75) is 103 Å². The summed E-state index contributed by atoms with van der Waals surface area (Å²) >= 11 is 0. The second-order valence-electron chi connectivity index (χ2n) is 12.0. The molecule has 0 spiro atoms. The second-order valence-corrected chi connectivity index (χ2v) is 24.1. The number of hydrogen-bond donors (Lipinski definition) is 3. The molecule has 0 saturated carbocycles. The van der Waals surface area contributed by atoms with Gasteiger partial charge in [-0.05, 0) is 85.0 Å². The molecule has 3 N–H and O–H groups in total. The first-order chi connectivity index (χ1) is 19.7. The molecular weight excluding hydrogens is 609 g/mol. The second kappa shape index (κ2) is 22.1. The van der Waals surface area contributed by atoms with Gasteiger partial charge in [0.2, 0.25) is 0 Å². The summed E-state index contributed by atoms with van der Waals surface area (Å²) in [6, 6.07) is 1.73. The van der Waals surface area contributed by atoms with Gasteiger partial charge in [-0.3, -0.25) is 0 Å². The molecular formula is C29H58O11Si3. The van der Waals surface area contributed by atoms with Crippen LogP contribution in [-0.2, 0) is 36.8 Å². The first-order valence-corrected chi connectivity index (χ1v) is 23.6. The summed E-state index contributed by atoms with van der Waals surface area (Å²) in [5.74, 6) is -0.706. The number of aliphatic hydroxyl groups excluding tert-OH is 3. The maximum Gasteiger partial charge on any atom is 0.333 e.